The molecule has 3 aliphatic rings. The lowest BCUT2D eigenvalue weighted by Gasteiger charge is -2.44. The van der Waals surface area contributed by atoms with Crippen LogP contribution in [-0.2, 0) is 16.1 Å². The zero-order valence-corrected chi connectivity index (χ0v) is 14.1. The maximum absolute atomic E-state index is 13.2. The maximum atomic E-state index is 13.2. The predicted octanol–water partition coefficient (Wildman–Crippen LogP) is 0.130. The van der Waals surface area contributed by atoms with Gasteiger partial charge in [0, 0.05) is 42.9 Å². The number of tetrazole rings is 1. The summed E-state index contributed by atoms with van der Waals surface area (Å²) >= 11 is 1.92. The van der Waals surface area contributed by atoms with Crippen LogP contribution < -0.4 is 4.90 Å². The van der Waals surface area contributed by atoms with Crippen molar-refractivity contribution in [2.24, 2.45) is 0 Å². The average molecular weight is 336 g/mol. The van der Waals surface area contributed by atoms with E-state index in [1.807, 2.05) is 35.5 Å². The lowest BCUT2D eigenvalue weighted by molar-refractivity contribution is -0.131. The van der Waals surface area contributed by atoms with Crippen molar-refractivity contribution in [2.45, 2.75) is 31.2 Å². The molecule has 1 aromatic heterocycles. The summed E-state index contributed by atoms with van der Waals surface area (Å²) < 4.78 is 7.26. The highest BCUT2D eigenvalue weighted by Gasteiger charge is 2.39. The lowest BCUT2D eigenvalue weighted by Crippen LogP contribution is -2.55. The third kappa shape index (κ3) is 2.42. The molecule has 2 saturated heterocycles. The van der Waals surface area contributed by atoms with Crippen LogP contribution >= 0.6 is 11.8 Å². The Labute approximate surface area is 138 Å². The largest absolute Gasteiger partial charge is 0.380 e. The van der Waals surface area contributed by atoms with Gasteiger partial charge in [0.15, 0.2) is 0 Å². The van der Waals surface area contributed by atoms with Crippen molar-refractivity contribution < 1.29 is 9.53 Å². The Kier molecular flexibility index (Phi) is 3.76. The Hall–Kier alpha value is -1.61. The van der Waals surface area contributed by atoms with Crippen molar-refractivity contribution in [1.29, 1.82) is 0 Å². The summed E-state index contributed by atoms with van der Waals surface area (Å²) in [4.78, 5) is 17.1. The Balaban J connectivity index is 1.62. The van der Waals surface area contributed by atoms with Gasteiger partial charge in [-0.25, -0.2) is 4.68 Å². The van der Waals surface area contributed by atoms with Gasteiger partial charge in [-0.2, -0.15) is 11.8 Å². The number of hydrogen-bond acceptors (Lipinski definition) is 7. The molecule has 3 aliphatic heterocycles. The molecule has 1 aromatic rings. The molecule has 0 saturated carbocycles. The second kappa shape index (κ2) is 5.79. The molecule has 8 nitrogen and oxygen atoms in total. The van der Waals surface area contributed by atoms with Crippen LogP contribution in [0.15, 0.2) is 11.3 Å². The van der Waals surface area contributed by atoms with Gasteiger partial charge >= 0.3 is 0 Å². The van der Waals surface area contributed by atoms with E-state index in [2.05, 4.69) is 15.5 Å². The molecule has 4 rings (SSSR count). The predicted molar refractivity (Wildman–Crippen MR) is 86.1 cm³/mol. The fraction of sp³-hybridized carbons (Fsp3) is 0.714. The highest BCUT2D eigenvalue weighted by molar-refractivity contribution is 8.00. The Morgan fingerprint density at radius 3 is 3.17 bits per heavy atom. The number of allylic oxidation sites excluding steroid dienone is 1. The molecular formula is C14H20N6O2S. The van der Waals surface area contributed by atoms with Crippen molar-refractivity contribution in [3.05, 3.63) is 11.3 Å². The van der Waals surface area contributed by atoms with Crippen LogP contribution in [0.25, 0.3) is 0 Å². The van der Waals surface area contributed by atoms with E-state index in [9.17, 15) is 4.79 Å². The number of anilines is 1. The van der Waals surface area contributed by atoms with Gasteiger partial charge in [0.2, 0.25) is 5.95 Å². The van der Waals surface area contributed by atoms with Crippen LogP contribution in [0.5, 0.6) is 0 Å². The van der Waals surface area contributed by atoms with E-state index in [0.29, 0.717) is 17.7 Å². The number of aromatic nitrogens is 4. The zero-order valence-electron chi connectivity index (χ0n) is 13.3. The van der Waals surface area contributed by atoms with Crippen LogP contribution in [0.1, 0.15) is 13.3 Å². The van der Waals surface area contributed by atoms with Gasteiger partial charge in [-0.05, 0) is 23.8 Å². The second-order valence-corrected chi connectivity index (χ2v) is 7.45. The van der Waals surface area contributed by atoms with Gasteiger partial charge in [0.25, 0.3) is 5.91 Å². The third-order valence-electron chi connectivity index (χ3n) is 4.91. The van der Waals surface area contributed by atoms with Crippen LogP contribution in [0, 0.1) is 0 Å². The smallest absolute Gasteiger partial charge is 0.253 e. The molecule has 2 fully saturated rings. The fourth-order valence-corrected chi connectivity index (χ4v) is 4.79. The molecule has 1 amide bonds. The molecule has 4 heterocycles. The second-order valence-electron chi connectivity index (χ2n) is 6.10. The number of amides is 1. The molecule has 0 N–H and O–H groups in total. The number of thioether (sulfide) groups is 1. The maximum Gasteiger partial charge on any atom is 0.253 e. The number of hydrogen-bond donors (Lipinski definition) is 0. The third-order valence-corrected chi connectivity index (χ3v) is 6.21. The molecule has 0 aromatic carbocycles. The van der Waals surface area contributed by atoms with E-state index in [-0.39, 0.29) is 11.9 Å². The SMILES string of the molecule is CC1=C(C(=O)N2CCS[C@H]3COCC[C@H]32)Cn2nnnc2N1C. The van der Waals surface area contributed by atoms with Crippen molar-refractivity contribution in [3.63, 3.8) is 0 Å². The number of ether oxygens (including phenoxy) is 1. The van der Waals surface area contributed by atoms with Gasteiger partial charge in [0.05, 0.1) is 18.7 Å². The number of carbonyl (C=O) groups excluding carboxylic acids is 1. The molecule has 23 heavy (non-hydrogen) atoms. The van der Waals surface area contributed by atoms with Gasteiger partial charge in [-0.1, -0.05) is 5.10 Å². The summed E-state index contributed by atoms with van der Waals surface area (Å²) in [6.45, 7) is 4.68. The Morgan fingerprint density at radius 1 is 1.43 bits per heavy atom. The van der Waals surface area contributed by atoms with Gasteiger partial charge in [0.1, 0.15) is 0 Å². The normalized spacial score (nSPS) is 27.7. The van der Waals surface area contributed by atoms with E-state index >= 15 is 0 Å². The molecule has 0 unspecified atom stereocenters. The van der Waals surface area contributed by atoms with Crippen LogP contribution in [0.2, 0.25) is 0 Å². The van der Waals surface area contributed by atoms with E-state index in [4.69, 9.17) is 4.74 Å². The fourth-order valence-electron chi connectivity index (χ4n) is 3.49. The highest BCUT2D eigenvalue weighted by atomic mass is 32.2. The first kappa shape index (κ1) is 14.9. The molecule has 0 radical (unpaired) electrons. The number of nitrogens with zero attached hydrogens (tertiary/aromatic N) is 6. The van der Waals surface area contributed by atoms with Gasteiger partial charge < -0.3 is 14.5 Å². The summed E-state index contributed by atoms with van der Waals surface area (Å²) in [5, 5.41) is 12.1. The summed E-state index contributed by atoms with van der Waals surface area (Å²) in [7, 11) is 1.90. The molecule has 124 valence electrons. The standard InChI is InChI=1S/C14H20N6O2S/c1-9-10(7-20-14(18(9)2)15-16-17-20)13(21)19-4-6-23-12-8-22-5-3-11(12)19/h11-12H,3-8H2,1-2H3/t11-,12+/m1/s1. The van der Waals surface area contributed by atoms with Crippen molar-refractivity contribution >= 4 is 23.6 Å². The van der Waals surface area contributed by atoms with Crippen LogP contribution in [0.4, 0.5) is 5.95 Å². The number of fused-ring (bicyclic) bond motifs is 2. The summed E-state index contributed by atoms with van der Waals surface area (Å²) in [5.74, 6) is 1.76. The minimum absolute atomic E-state index is 0.118. The van der Waals surface area contributed by atoms with Crippen LogP contribution in [-0.4, -0.2) is 74.9 Å². The monoisotopic (exact) mass is 336 g/mol. The lowest BCUT2D eigenvalue weighted by atomic mass is 10.0. The van der Waals surface area contributed by atoms with Gasteiger partial charge in [-0.3, -0.25) is 4.79 Å². The molecule has 0 spiro atoms. The first-order valence-corrected chi connectivity index (χ1v) is 8.91. The molecule has 9 heteroatoms. The number of rotatable bonds is 1. The summed E-state index contributed by atoms with van der Waals surface area (Å²) in [5.41, 5.74) is 1.71. The van der Waals surface area contributed by atoms with Crippen molar-refractivity contribution in [3.8, 4) is 0 Å². The van der Waals surface area contributed by atoms with Crippen molar-refractivity contribution in [2.75, 3.05) is 37.5 Å². The topological polar surface area (TPSA) is 76.4 Å². The van der Waals surface area contributed by atoms with E-state index in [1.54, 1.807) is 4.68 Å². The molecular weight excluding hydrogens is 316 g/mol. The van der Waals surface area contributed by atoms with E-state index in [1.165, 1.54) is 0 Å². The first-order chi connectivity index (χ1) is 11.2. The highest BCUT2D eigenvalue weighted by Crippen LogP contribution is 2.33. The van der Waals surface area contributed by atoms with Crippen LogP contribution in [0.3, 0.4) is 0 Å². The first-order valence-electron chi connectivity index (χ1n) is 7.87. The quantitative estimate of drug-likeness (QED) is 0.721. The minimum atomic E-state index is 0.118. The Morgan fingerprint density at radius 2 is 2.30 bits per heavy atom. The Bertz CT molecular complexity index is 657. The van der Waals surface area contributed by atoms with Crippen molar-refractivity contribution in [1.82, 2.24) is 25.1 Å². The molecule has 0 aliphatic carbocycles. The minimum Gasteiger partial charge on any atom is -0.380 e. The average Bonchev–Trinajstić information content (AvgIpc) is 3.05. The molecule has 0 bridgehead atoms. The molecule has 2 atom stereocenters. The van der Waals surface area contributed by atoms with Gasteiger partial charge in [-0.15, -0.1) is 0 Å². The summed E-state index contributed by atoms with van der Waals surface area (Å²) in [6, 6.07) is 0.274. The van der Waals surface area contributed by atoms with E-state index < -0.39 is 0 Å². The summed E-state index contributed by atoms with van der Waals surface area (Å²) in [6.07, 6.45) is 0.918. The zero-order chi connectivity index (χ0) is 16.0. The van der Waals surface area contributed by atoms with E-state index in [0.717, 1.165) is 43.2 Å². The number of carbonyl (C=O) groups is 1.